The minimum absolute atomic E-state index is 0.247. The second-order valence-electron chi connectivity index (χ2n) is 6.02. The maximum Gasteiger partial charge on any atom is 0.0252 e. The lowest BCUT2D eigenvalue weighted by Gasteiger charge is -2.39. The molecular formula is C15H24N2. The molecule has 2 nitrogen and oxygen atoms in total. The standard InChI is InChI=1S/C15H24N2/c1-12-7-13(2)9-14(8-12)10-17-6-5-16-15(3,4)11-17/h7-9,16H,5-6,10-11H2,1-4H3. The van der Waals surface area contributed by atoms with Gasteiger partial charge in [0.1, 0.15) is 0 Å². The summed E-state index contributed by atoms with van der Waals surface area (Å²) in [6.07, 6.45) is 0. The van der Waals surface area contributed by atoms with Crippen LogP contribution in [0.4, 0.5) is 0 Å². The van der Waals surface area contributed by atoms with E-state index in [1.165, 1.54) is 16.7 Å². The fourth-order valence-corrected chi connectivity index (χ4v) is 2.80. The first kappa shape index (κ1) is 12.6. The molecule has 0 bridgehead atoms. The van der Waals surface area contributed by atoms with Crippen LogP contribution in [0.25, 0.3) is 0 Å². The van der Waals surface area contributed by atoms with Gasteiger partial charge in [0, 0.05) is 31.7 Å². The molecule has 0 spiro atoms. The summed E-state index contributed by atoms with van der Waals surface area (Å²) in [4.78, 5) is 2.55. The van der Waals surface area contributed by atoms with Crippen molar-refractivity contribution in [2.45, 2.75) is 39.8 Å². The highest BCUT2D eigenvalue weighted by atomic mass is 15.2. The SMILES string of the molecule is Cc1cc(C)cc(CN2CCNC(C)(C)C2)c1. The molecule has 0 amide bonds. The van der Waals surface area contributed by atoms with E-state index in [9.17, 15) is 0 Å². The molecule has 0 unspecified atom stereocenters. The summed E-state index contributed by atoms with van der Waals surface area (Å²) in [6, 6.07) is 6.86. The Morgan fingerprint density at radius 3 is 2.41 bits per heavy atom. The second-order valence-corrected chi connectivity index (χ2v) is 6.02. The Morgan fingerprint density at radius 2 is 1.82 bits per heavy atom. The lowest BCUT2D eigenvalue weighted by Crippen LogP contribution is -2.56. The topological polar surface area (TPSA) is 15.3 Å². The van der Waals surface area contributed by atoms with Crippen molar-refractivity contribution in [3.8, 4) is 0 Å². The Balaban J connectivity index is 2.05. The molecule has 1 saturated heterocycles. The Labute approximate surface area is 105 Å². The van der Waals surface area contributed by atoms with Gasteiger partial charge in [0.15, 0.2) is 0 Å². The molecular weight excluding hydrogens is 208 g/mol. The zero-order valence-corrected chi connectivity index (χ0v) is 11.5. The number of rotatable bonds is 2. The van der Waals surface area contributed by atoms with Gasteiger partial charge in [-0.25, -0.2) is 0 Å². The third-order valence-corrected chi connectivity index (χ3v) is 3.34. The first-order valence-corrected chi connectivity index (χ1v) is 6.49. The largest absolute Gasteiger partial charge is 0.309 e. The number of piperazine rings is 1. The van der Waals surface area contributed by atoms with Gasteiger partial charge < -0.3 is 5.32 Å². The summed E-state index contributed by atoms with van der Waals surface area (Å²) < 4.78 is 0. The number of benzene rings is 1. The third kappa shape index (κ3) is 3.55. The number of nitrogens with one attached hydrogen (secondary N) is 1. The first-order chi connectivity index (χ1) is 7.94. The number of nitrogens with zero attached hydrogens (tertiary/aromatic N) is 1. The van der Waals surface area contributed by atoms with Crippen molar-refractivity contribution in [2.75, 3.05) is 19.6 Å². The highest BCUT2D eigenvalue weighted by molar-refractivity contribution is 5.28. The maximum absolute atomic E-state index is 3.56. The third-order valence-electron chi connectivity index (χ3n) is 3.34. The van der Waals surface area contributed by atoms with Gasteiger partial charge in [-0.05, 0) is 33.3 Å². The fraction of sp³-hybridized carbons (Fsp3) is 0.600. The Hall–Kier alpha value is -0.860. The predicted octanol–water partition coefficient (Wildman–Crippen LogP) is 2.49. The summed E-state index contributed by atoms with van der Waals surface area (Å²) in [5.41, 5.74) is 4.43. The Morgan fingerprint density at radius 1 is 1.18 bits per heavy atom. The highest BCUT2D eigenvalue weighted by Gasteiger charge is 2.25. The molecule has 2 rings (SSSR count). The van der Waals surface area contributed by atoms with Crippen LogP contribution in [0.3, 0.4) is 0 Å². The van der Waals surface area contributed by atoms with E-state index in [0.717, 1.165) is 26.2 Å². The normalized spacial score (nSPS) is 20.5. The molecule has 1 heterocycles. The van der Waals surface area contributed by atoms with Gasteiger partial charge in [-0.1, -0.05) is 29.3 Å². The quantitative estimate of drug-likeness (QED) is 0.843. The van der Waals surface area contributed by atoms with Crippen LogP contribution in [-0.4, -0.2) is 30.1 Å². The van der Waals surface area contributed by atoms with Crippen LogP contribution in [0.15, 0.2) is 18.2 Å². The molecule has 1 aliphatic rings. The number of aryl methyl sites for hydroxylation is 2. The lowest BCUT2D eigenvalue weighted by molar-refractivity contribution is 0.148. The molecule has 1 aromatic rings. The molecule has 0 aromatic heterocycles. The van der Waals surface area contributed by atoms with Crippen LogP contribution < -0.4 is 5.32 Å². The summed E-state index contributed by atoms with van der Waals surface area (Å²) in [5.74, 6) is 0. The molecule has 2 heteroatoms. The second kappa shape index (κ2) is 4.79. The van der Waals surface area contributed by atoms with Gasteiger partial charge in [-0.3, -0.25) is 4.90 Å². The summed E-state index contributed by atoms with van der Waals surface area (Å²) in [7, 11) is 0. The van der Waals surface area contributed by atoms with Crippen LogP contribution >= 0.6 is 0 Å². The van der Waals surface area contributed by atoms with Crippen LogP contribution in [-0.2, 0) is 6.54 Å². The summed E-state index contributed by atoms with van der Waals surface area (Å²) in [5, 5.41) is 3.56. The minimum Gasteiger partial charge on any atom is -0.309 e. The number of hydrogen-bond donors (Lipinski definition) is 1. The van der Waals surface area contributed by atoms with E-state index >= 15 is 0 Å². The van der Waals surface area contributed by atoms with Gasteiger partial charge in [-0.2, -0.15) is 0 Å². The van der Waals surface area contributed by atoms with Crippen molar-refractivity contribution < 1.29 is 0 Å². The van der Waals surface area contributed by atoms with Crippen LogP contribution in [0.5, 0.6) is 0 Å². The molecule has 0 aliphatic carbocycles. The number of hydrogen-bond acceptors (Lipinski definition) is 2. The molecule has 0 saturated carbocycles. The van der Waals surface area contributed by atoms with Gasteiger partial charge in [0.2, 0.25) is 0 Å². The lowest BCUT2D eigenvalue weighted by atomic mass is 10.0. The minimum atomic E-state index is 0.247. The Kier molecular flexibility index (Phi) is 3.55. The van der Waals surface area contributed by atoms with Crippen molar-refractivity contribution in [3.05, 3.63) is 34.9 Å². The van der Waals surface area contributed by atoms with Crippen molar-refractivity contribution in [1.29, 1.82) is 0 Å². The molecule has 17 heavy (non-hydrogen) atoms. The smallest absolute Gasteiger partial charge is 0.0252 e. The molecule has 94 valence electrons. The maximum atomic E-state index is 3.56. The van der Waals surface area contributed by atoms with E-state index in [0.29, 0.717) is 0 Å². The van der Waals surface area contributed by atoms with E-state index in [-0.39, 0.29) is 5.54 Å². The van der Waals surface area contributed by atoms with E-state index < -0.39 is 0 Å². The van der Waals surface area contributed by atoms with E-state index in [1.54, 1.807) is 0 Å². The average Bonchev–Trinajstić information content (AvgIpc) is 2.13. The van der Waals surface area contributed by atoms with Gasteiger partial charge in [0.25, 0.3) is 0 Å². The van der Waals surface area contributed by atoms with Crippen molar-refractivity contribution in [3.63, 3.8) is 0 Å². The molecule has 0 radical (unpaired) electrons. The molecule has 1 N–H and O–H groups in total. The van der Waals surface area contributed by atoms with E-state index in [2.05, 4.69) is 56.1 Å². The zero-order chi connectivity index (χ0) is 12.5. The van der Waals surface area contributed by atoms with Crippen LogP contribution in [0.1, 0.15) is 30.5 Å². The predicted molar refractivity (Wildman–Crippen MR) is 73.3 cm³/mol. The monoisotopic (exact) mass is 232 g/mol. The summed E-state index contributed by atoms with van der Waals surface area (Å²) >= 11 is 0. The van der Waals surface area contributed by atoms with Crippen molar-refractivity contribution in [2.24, 2.45) is 0 Å². The van der Waals surface area contributed by atoms with E-state index in [1.807, 2.05) is 0 Å². The highest BCUT2D eigenvalue weighted by Crippen LogP contribution is 2.15. The molecule has 0 atom stereocenters. The van der Waals surface area contributed by atoms with Crippen LogP contribution in [0.2, 0.25) is 0 Å². The van der Waals surface area contributed by atoms with E-state index in [4.69, 9.17) is 0 Å². The van der Waals surface area contributed by atoms with Gasteiger partial charge >= 0.3 is 0 Å². The first-order valence-electron chi connectivity index (χ1n) is 6.49. The van der Waals surface area contributed by atoms with Gasteiger partial charge in [-0.15, -0.1) is 0 Å². The van der Waals surface area contributed by atoms with Crippen LogP contribution in [0, 0.1) is 13.8 Å². The molecule has 1 aromatic carbocycles. The van der Waals surface area contributed by atoms with Gasteiger partial charge in [0.05, 0.1) is 0 Å². The van der Waals surface area contributed by atoms with Crippen molar-refractivity contribution >= 4 is 0 Å². The fourth-order valence-electron chi connectivity index (χ4n) is 2.80. The average molecular weight is 232 g/mol. The van der Waals surface area contributed by atoms with Crippen molar-refractivity contribution in [1.82, 2.24) is 10.2 Å². The summed E-state index contributed by atoms with van der Waals surface area (Å²) in [6.45, 7) is 13.4. The Bertz CT molecular complexity index is 376. The zero-order valence-electron chi connectivity index (χ0n) is 11.5. The molecule has 1 fully saturated rings. The molecule has 1 aliphatic heterocycles.